The molecule has 1 aromatic heterocycles. The largest absolute Gasteiger partial charge is 0.265 e. The van der Waals surface area contributed by atoms with Crippen LogP contribution >= 0.6 is 23.2 Å². The average Bonchev–Trinajstić information content (AvgIpc) is 2.45. The summed E-state index contributed by atoms with van der Waals surface area (Å²) in [5, 5.41) is 0.520. The first kappa shape index (κ1) is 16.2. The number of rotatable bonds is 5. The Bertz CT molecular complexity index is 721. The predicted octanol–water partition coefficient (Wildman–Crippen LogP) is 3.60. The van der Waals surface area contributed by atoms with Crippen LogP contribution in [-0.4, -0.2) is 24.3 Å². The summed E-state index contributed by atoms with van der Waals surface area (Å²) in [6.07, 6.45) is 3.26. The summed E-state index contributed by atoms with van der Waals surface area (Å²) in [7, 11) is -3.67. The van der Waals surface area contributed by atoms with Crippen LogP contribution in [0.1, 0.15) is 12.5 Å². The Labute approximate surface area is 134 Å². The Morgan fingerprint density at radius 2 is 1.81 bits per heavy atom. The Balaban J connectivity index is 2.36. The number of pyridine rings is 1. The molecule has 0 unspecified atom stereocenters. The van der Waals surface area contributed by atoms with Crippen LogP contribution in [0.3, 0.4) is 0 Å². The minimum absolute atomic E-state index is 0.0597. The van der Waals surface area contributed by atoms with Gasteiger partial charge in [0.05, 0.1) is 5.02 Å². The van der Waals surface area contributed by atoms with Crippen molar-refractivity contribution in [3.63, 3.8) is 0 Å². The zero-order valence-corrected chi connectivity index (χ0v) is 13.7. The molecule has 0 atom stereocenters. The monoisotopic (exact) mass is 344 g/mol. The summed E-state index contributed by atoms with van der Waals surface area (Å²) in [6, 6.07) is 7.93. The van der Waals surface area contributed by atoms with E-state index in [-0.39, 0.29) is 16.5 Å². The van der Waals surface area contributed by atoms with Crippen LogP contribution in [0.15, 0.2) is 47.6 Å². The normalized spacial score (nSPS) is 11.8. The molecule has 7 heteroatoms. The van der Waals surface area contributed by atoms with Crippen molar-refractivity contribution >= 4 is 33.2 Å². The van der Waals surface area contributed by atoms with Crippen molar-refractivity contribution in [2.45, 2.75) is 18.4 Å². The molecule has 0 spiro atoms. The molecule has 0 aliphatic heterocycles. The molecule has 0 N–H and O–H groups in total. The van der Waals surface area contributed by atoms with Crippen molar-refractivity contribution in [3.8, 4) is 0 Å². The van der Waals surface area contributed by atoms with Gasteiger partial charge in [-0.15, -0.1) is 0 Å². The Hall–Kier alpha value is -1.14. The van der Waals surface area contributed by atoms with E-state index < -0.39 is 10.0 Å². The second kappa shape index (κ2) is 6.75. The van der Waals surface area contributed by atoms with Crippen LogP contribution in [0.25, 0.3) is 0 Å². The van der Waals surface area contributed by atoms with E-state index >= 15 is 0 Å². The highest BCUT2D eigenvalue weighted by Gasteiger charge is 2.25. The van der Waals surface area contributed by atoms with E-state index in [1.165, 1.54) is 22.5 Å². The van der Waals surface area contributed by atoms with Gasteiger partial charge in [0.25, 0.3) is 0 Å². The standard InChI is InChI=1S/C14H14Cl2N2O2S/c1-2-18(10-11-5-7-17-8-6-11)21(19,20)14-4-3-12(15)9-13(14)16/h3-9H,2,10H2,1H3. The van der Waals surface area contributed by atoms with Crippen molar-refractivity contribution < 1.29 is 8.42 Å². The molecular formula is C14H14Cl2N2O2S. The van der Waals surface area contributed by atoms with Gasteiger partial charge in [-0.25, -0.2) is 8.42 Å². The molecule has 2 rings (SSSR count). The first-order chi connectivity index (χ1) is 9.95. The van der Waals surface area contributed by atoms with Gasteiger partial charge in [-0.3, -0.25) is 4.98 Å². The summed E-state index contributed by atoms with van der Waals surface area (Å²) in [4.78, 5) is 3.98. The van der Waals surface area contributed by atoms with E-state index in [1.807, 2.05) is 0 Å². The molecular weight excluding hydrogens is 331 g/mol. The van der Waals surface area contributed by atoms with Crippen molar-refractivity contribution in [1.82, 2.24) is 9.29 Å². The third kappa shape index (κ3) is 3.74. The molecule has 0 fully saturated rings. The van der Waals surface area contributed by atoms with Crippen LogP contribution in [0, 0.1) is 0 Å². The van der Waals surface area contributed by atoms with Crippen LogP contribution in [0.5, 0.6) is 0 Å². The van der Waals surface area contributed by atoms with Crippen LogP contribution in [-0.2, 0) is 16.6 Å². The molecule has 0 aliphatic carbocycles. The average molecular weight is 345 g/mol. The zero-order chi connectivity index (χ0) is 15.5. The van der Waals surface area contributed by atoms with Gasteiger partial charge in [0.1, 0.15) is 4.90 Å². The summed E-state index contributed by atoms with van der Waals surface area (Å²) >= 11 is 11.8. The van der Waals surface area contributed by atoms with Gasteiger partial charge in [0, 0.05) is 30.5 Å². The smallest absolute Gasteiger partial charge is 0.244 e. The lowest BCUT2D eigenvalue weighted by Gasteiger charge is -2.21. The van der Waals surface area contributed by atoms with Crippen LogP contribution in [0.2, 0.25) is 10.0 Å². The third-order valence-corrected chi connectivity index (χ3v) is 5.61. The number of benzene rings is 1. The fraction of sp³-hybridized carbons (Fsp3) is 0.214. The molecule has 0 amide bonds. The fourth-order valence-corrected chi connectivity index (χ4v) is 4.07. The summed E-state index contributed by atoms with van der Waals surface area (Å²) < 4.78 is 26.7. The second-order valence-electron chi connectivity index (χ2n) is 4.36. The second-order valence-corrected chi connectivity index (χ2v) is 7.11. The van der Waals surface area contributed by atoms with E-state index in [9.17, 15) is 8.42 Å². The number of halogens is 2. The van der Waals surface area contributed by atoms with E-state index in [0.29, 0.717) is 11.6 Å². The van der Waals surface area contributed by atoms with Crippen molar-refractivity contribution in [2.75, 3.05) is 6.54 Å². The van der Waals surface area contributed by atoms with Crippen LogP contribution in [0.4, 0.5) is 0 Å². The van der Waals surface area contributed by atoms with Gasteiger partial charge in [0.2, 0.25) is 10.0 Å². The van der Waals surface area contributed by atoms with Crippen molar-refractivity contribution in [3.05, 3.63) is 58.3 Å². The minimum atomic E-state index is -3.67. The summed E-state index contributed by atoms with van der Waals surface area (Å²) in [5.74, 6) is 0. The maximum atomic E-state index is 12.7. The molecule has 112 valence electrons. The van der Waals surface area contributed by atoms with Crippen LogP contribution < -0.4 is 0 Å². The molecule has 1 heterocycles. The van der Waals surface area contributed by atoms with E-state index in [4.69, 9.17) is 23.2 Å². The number of nitrogens with zero attached hydrogens (tertiary/aromatic N) is 2. The Kier molecular flexibility index (Phi) is 5.22. The maximum Gasteiger partial charge on any atom is 0.244 e. The van der Waals surface area contributed by atoms with E-state index in [1.54, 1.807) is 31.5 Å². The van der Waals surface area contributed by atoms with Gasteiger partial charge < -0.3 is 0 Å². The molecule has 2 aromatic rings. The third-order valence-electron chi connectivity index (χ3n) is 2.97. The van der Waals surface area contributed by atoms with Gasteiger partial charge in [-0.2, -0.15) is 4.31 Å². The topological polar surface area (TPSA) is 50.3 Å². The number of sulfonamides is 1. The molecule has 1 aromatic carbocycles. The predicted molar refractivity (Wildman–Crippen MR) is 84.0 cm³/mol. The van der Waals surface area contributed by atoms with Gasteiger partial charge in [0.15, 0.2) is 0 Å². The van der Waals surface area contributed by atoms with E-state index in [2.05, 4.69) is 4.98 Å². The van der Waals surface area contributed by atoms with Crippen molar-refractivity contribution in [1.29, 1.82) is 0 Å². The summed E-state index contributed by atoms with van der Waals surface area (Å²) in [6.45, 7) is 2.38. The molecule has 0 aliphatic rings. The van der Waals surface area contributed by atoms with Gasteiger partial charge >= 0.3 is 0 Å². The fourth-order valence-electron chi connectivity index (χ4n) is 1.88. The quantitative estimate of drug-likeness (QED) is 0.832. The lowest BCUT2D eigenvalue weighted by atomic mass is 10.3. The highest BCUT2D eigenvalue weighted by Crippen LogP contribution is 2.28. The SMILES string of the molecule is CCN(Cc1ccncc1)S(=O)(=O)c1ccc(Cl)cc1Cl. The summed E-state index contributed by atoms with van der Waals surface area (Å²) in [5.41, 5.74) is 0.862. The Morgan fingerprint density at radius 1 is 1.14 bits per heavy atom. The molecule has 0 radical (unpaired) electrons. The highest BCUT2D eigenvalue weighted by molar-refractivity contribution is 7.89. The lowest BCUT2D eigenvalue weighted by Crippen LogP contribution is -2.30. The highest BCUT2D eigenvalue weighted by atomic mass is 35.5. The molecule has 21 heavy (non-hydrogen) atoms. The number of hydrogen-bond donors (Lipinski definition) is 0. The van der Waals surface area contributed by atoms with E-state index in [0.717, 1.165) is 5.56 Å². The maximum absolute atomic E-state index is 12.7. The zero-order valence-electron chi connectivity index (χ0n) is 11.3. The minimum Gasteiger partial charge on any atom is -0.265 e. The molecule has 4 nitrogen and oxygen atoms in total. The Morgan fingerprint density at radius 3 is 2.38 bits per heavy atom. The molecule has 0 saturated carbocycles. The first-order valence-corrected chi connectivity index (χ1v) is 8.49. The van der Waals surface area contributed by atoms with Gasteiger partial charge in [-0.05, 0) is 35.9 Å². The first-order valence-electron chi connectivity index (χ1n) is 6.29. The number of hydrogen-bond acceptors (Lipinski definition) is 3. The van der Waals surface area contributed by atoms with Gasteiger partial charge in [-0.1, -0.05) is 30.1 Å². The lowest BCUT2D eigenvalue weighted by molar-refractivity contribution is 0.423. The van der Waals surface area contributed by atoms with Crippen molar-refractivity contribution in [2.24, 2.45) is 0 Å². The molecule has 0 saturated heterocycles. The molecule has 0 bridgehead atoms. The number of aromatic nitrogens is 1.